The van der Waals surface area contributed by atoms with Crippen LogP contribution < -0.4 is 0 Å². The largest absolute Gasteiger partial charge is 0.461 e. The lowest BCUT2D eigenvalue weighted by Gasteiger charge is -1.97. The number of H-pyrrole nitrogens is 1. The Morgan fingerprint density at radius 2 is 2.44 bits per heavy atom. The zero-order valence-electron chi connectivity index (χ0n) is 9.48. The van der Waals surface area contributed by atoms with Gasteiger partial charge in [0.05, 0.1) is 12.8 Å². The second-order valence-electron chi connectivity index (χ2n) is 3.68. The molecule has 3 heterocycles. The molecule has 0 saturated carbocycles. The number of aromatic amines is 1. The van der Waals surface area contributed by atoms with Crippen LogP contribution in [0.5, 0.6) is 0 Å². The lowest BCUT2D eigenvalue weighted by molar-refractivity contribution is 0.0519. The predicted molar refractivity (Wildman–Crippen MR) is 68.5 cm³/mol. The summed E-state index contributed by atoms with van der Waals surface area (Å²) in [7, 11) is 0. The molecular weight excluding hydrogens is 300 g/mol. The van der Waals surface area contributed by atoms with E-state index in [1.807, 2.05) is 12.3 Å². The molecule has 3 aromatic heterocycles. The zero-order valence-corrected chi connectivity index (χ0v) is 11.1. The Labute approximate surface area is 110 Å². The van der Waals surface area contributed by atoms with Crippen LogP contribution in [0.15, 0.2) is 23.1 Å². The predicted octanol–water partition coefficient (Wildman–Crippen LogP) is 2.15. The van der Waals surface area contributed by atoms with E-state index >= 15 is 0 Å². The van der Waals surface area contributed by atoms with Crippen LogP contribution in [0.4, 0.5) is 0 Å². The Bertz CT molecular complexity index is 746. The number of halogens is 1. The zero-order chi connectivity index (χ0) is 12.7. The third kappa shape index (κ3) is 1.51. The number of esters is 1. The molecule has 0 aliphatic heterocycles. The maximum absolute atomic E-state index is 11.8. The van der Waals surface area contributed by atoms with Crippen molar-refractivity contribution >= 4 is 38.4 Å². The minimum Gasteiger partial charge on any atom is -0.461 e. The van der Waals surface area contributed by atoms with Crippen molar-refractivity contribution in [2.24, 2.45) is 0 Å². The Balaban J connectivity index is 2.29. The van der Waals surface area contributed by atoms with Gasteiger partial charge in [-0.15, -0.1) is 0 Å². The van der Waals surface area contributed by atoms with E-state index in [-0.39, 0.29) is 5.69 Å². The lowest BCUT2D eigenvalue weighted by Crippen LogP contribution is -2.05. The van der Waals surface area contributed by atoms with E-state index < -0.39 is 5.97 Å². The molecule has 18 heavy (non-hydrogen) atoms. The molecule has 1 N–H and O–H groups in total. The van der Waals surface area contributed by atoms with Gasteiger partial charge in [-0.25, -0.2) is 9.78 Å². The topological polar surface area (TPSA) is 72.3 Å². The molecule has 0 bridgehead atoms. The number of rotatable bonds is 2. The number of pyridine rings is 1. The summed E-state index contributed by atoms with van der Waals surface area (Å²) in [6, 6.07) is 1.90. The standard InChI is InChI=1S/C11H9BrN4O2/c1-2-18-11(17)8-9(12)16-4-3-6-5-13-15-7(6)10(16)14-8/h3-5H,2H2,1H3,(H,13,15). The van der Waals surface area contributed by atoms with Crippen LogP contribution in [0.1, 0.15) is 17.4 Å². The molecule has 0 aromatic carbocycles. The smallest absolute Gasteiger partial charge is 0.359 e. The third-order valence-electron chi connectivity index (χ3n) is 2.62. The van der Waals surface area contributed by atoms with Gasteiger partial charge >= 0.3 is 5.97 Å². The number of ether oxygens (including phenoxy) is 1. The van der Waals surface area contributed by atoms with Crippen LogP contribution in [0.25, 0.3) is 16.6 Å². The first kappa shape index (κ1) is 11.2. The van der Waals surface area contributed by atoms with E-state index in [2.05, 4.69) is 31.1 Å². The summed E-state index contributed by atoms with van der Waals surface area (Å²) in [5.74, 6) is -0.444. The van der Waals surface area contributed by atoms with Crippen molar-refractivity contribution in [1.82, 2.24) is 19.6 Å². The SMILES string of the molecule is CCOC(=O)c1nc2c3[nH]ncc3ccn2c1Br. The molecule has 3 aromatic rings. The maximum Gasteiger partial charge on any atom is 0.359 e. The van der Waals surface area contributed by atoms with E-state index in [0.717, 1.165) is 10.9 Å². The first-order chi connectivity index (χ1) is 8.72. The number of aromatic nitrogens is 4. The fourth-order valence-corrected chi connectivity index (χ4v) is 2.35. The van der Waals surface area contributed by atoms with Crippen molar-refractivity contribution in [2.45, 2.75) is 6.92 Å². The molecule has 0 radical (unpaired) electrons. The first-order valence-corrected chi connectivity index (χ1v) is 6.18. The second kappa shape index (κ2) is 4.09. The third-order valence-corrected chi connectivity index (χ3v) is 3.37. The van der Waals surface area contributed by atoms with Crippen molar-refractivity contribution in [2.75, 3.05) is 6.61 Å². The van der Waals surface area contributed by atoms with Gasteiger partial charge in [0.25, 0.3) is 0 Å². The summed E-state index contributed by atoms with van der Waals surface area (Å²) in [5.41, 5.74) is 1.69. The maximum atomic E-state index is 11.8. The Morgan fingerprint density at radius 1 is 1.61 bits per heavy atom. The number of hydrogen-bond donors (Lipinski definition) is 1. The van der Waals surface area contributed by atoms with Gasteiger partial charge in [-0.1, -0.05) is 0 Å². The summed E-state index contributed by atoms with van der Waals surface area (Å²) < 4.78 is 7.31. The molecule has 0 aliphatic rings. The fraction of sp³-hybridized carbons (Fsp3) is 0.182. The van der Waals surface area contributed by atoms with Crippen molar-refractivity contribution in [3.8, 4) is 0 Å². The fourth-order valence-electron chi connectivity index (χ4n) is 1.81. The highest BCUT2D eigenvalue weighted by Gasteiger charge is 2.19. The van der Waals surface area contributed by atoms with Crippen LogP contribution in [0, 0.1) is 0 Å². The van der Waals surface area contributed by atoms with E-state index in [1.54, 1.807) is 17.5 Å². The summed E-state index contributed by atoms with van der Waals surface area (Å²) in [5, 5.41) is 7.77. The highest BCUT2D eigenvalue weighted by atomic mass is 79.9. The van der Waals surface area contributed by atoms with E-state index in [0.29, 0.717) is 16.9 Å². The van der Waals surface area contributed by atoms with Gasteiger partial charge in [0.15, 0.2) is 11.3 Å². The molecule has 92 valence electrons. The molecular formula is C11H9BrN4O2. The van der Waals surface area contributed by atoms with E-state index in [1.165, 1.54) is 0 Å². The molecule has 0 fully saturated rings. The number of fused-ring (bicyclic) bond motifs is 3. The average Bonchev–Trinajstić information content (AvgIpc) is 2.93. The van der Waals surface area contributed by atoms with Crippen molar-refractivity contribution in [3.05, 3.63) is 28.8 Å². The number of nitrogens with zero attached hydrogens (tertiary/aromatic N) is 3. The summed E-state index contributed by atoms with van der Waals surface area (Å²) >= 11 is 3.36. The highest BCUT2D eigenvalue weighted by Crippen LogP contribution is 2.24. The van der Waals surface area contributed by atoms with E-state index in [4.69, 9.17) is 4.74 Å². The molecule has 0 spiro atoms. The van der Waals surface area contributed by atoms with Gasteiger partial charge in [-0.3, -0.25) is 9.50 Å². The minimum atomic E-state index is -0.444. The van der Waals surface area contributed by atoms with Gasteiger partial charge in [-0.05, 0) is 28.9 Å². The normalized spacial score (nSPS) is 11.2. The van der Waals surface area contributed by atoms with E-state index in [9.17, 15) is 4.79 Å². The lowest BCUT2D eigenvalue weighted by atomic mass is 10.3. The summed E-state index contributed by atoms with van der Waals surface area (Å²) in [6.07, 6.45) is 3.54. The Kier molecular flexibility index (Phi) is 2.55. The van der Waals surface area contributed by atoms with Gasteiger partial charge in [0.2, 0.25) is 0 Å². The minimum absolute atomic E-state index is 0.263. The van der Waals surface area contributed by atoms with Crippen LogP contribution in [0.3, 0.4) is 0 Å². The van der Waals surface area contributed by atoms with Crippen molar-refractivity contribution < 1.29 is 9.53 Å². The highest BCUT2D eigenvalue weighted by molar-refractivity contribution is 9.10. The van der Waals surface area contributed by atoms with Crippen LogP contribution in [-0.4, -0.2) is 32.2 Å². The van der Waals surface area contributed by atoms with Gasteiger partial charge < -0.3 is 4.74 Å². The summed E-state index contributed by atoms with van der Waals surface area (Å²) in [4.78, 5) is 16.1. The first-order valence-electron chi connectivity index (χ1n) is 5.39. The number of nitrogens with one attached hydrogen (secondary N) is 1. The Morgan fingerprint density at radius 3 is 3.22 bits per heavy atom. The van der Waals surface area contributed by atoms with Crippen molar-refractivity contribution in [1.29, 1.82) is 0 Å². The molecule has 0 saturated heterocycles. The average molecular weight is 309 g/mol. The molecule has 7 heteroatoms. The molecule has 0 aliphatic carbocycles. The number of hydrogen-bond acceptors (Lipinski definition) is 4. The van der Waals surface area contributed by atoms with Crippen LogP contribution in [-0.2, 0) is 4.74 Å². The van der Waals surface area contributed by atoms with Gasteiger partial charge in [0.1, 0.15) is 10.1 Å². The number of carbonyl (C=O) groups is 1. The molecule has 6 nitrogen and oxygen atoms in total. The molecule has 3 rings (SSSR count). The van der Waals surface area contributed by atoms with Gasteiger partial charge in [0, 0.05) is 11.6 Å². The molecule has 0 atom stereocenters. The van der Waals surface area contributed by atoms with Crippen LogP contribution in [0.2, 0.25) is 0 Å². The molecule has 0 unspecified atom stereocenters. The quantitative estimate of drug-likeness (QED) is 0.736. The Hall–Kier alpha value is -1.89. The second-order valence-corrected chi connectivity index (χ2v) is 4.43. The monoisotopic (exact) mass is 308 g/mol. The van der Waals surface area contributed by atoms with Crippen molar-refractivity contribution in [3.63, 3.8) is 0 Å². The summed E-state index contributed by atoms with van der Waals surface area (Å²) in [6.45, 7) is 2.08. The molecule has 0 amide bonds. The number of imidazole rings is 1. The van der Waals surface area contributed by atoms with Gasteiger partial charge in [-0.2, -0.15) is 5.10 Å². The number of carbonyl (C=O) groups excluding carboxylic acids is 1. The van der Waals surface area contributed by atoms with Crippen LogP contribution >= 0.6 is 15.9 Å².